The second-order valence-electron chi connectivity index (χ2n) is 3.21. The Morgan fingerprint density at radius 2 is 2.00 bits per heavy atom. The molecule has 5 heteroatoms. The first-order chi connectivity index (χ1) is 7.63. The summed E-state index contributed by atoms with van der Waals surface area (Å²) in [6.45, 7) is 1.92. The van der Waals surface area contributed by atoms with Gasteiger partial charge in [-0.15, -0.1) is 0 Å². The van der Waals surface area contributed by atoms with Crippen LogP contribution in [0.25, 0.3) is 0 Å². The largest absolute Gasteiger partial charge is 0.493 e. The predicted octanol–water partition coefficient (Wildman–Crippen LogP) is 1.56. The molecule has 0 aliphatic heterocycles. The summed E-state index contributed by atoms with van der Waals surface area (Å²) < 4.78 is 15.3. The summed E-state index contributed by atoms with van der Waals surface area (Å²) >= 11 is 0. The standard InChI is InChI=1S/C11H15NO4/c1-8(16-11(12)13)7-15-10-6-4-3-5-9(10)14-2/h3-6,8H,7H2,1-2H3,(H2,12,13). The number of nitrogens with two attached hydrogens (primary N) is 1. The number of carbonyl (C=O) groups excluding carboxylic acids is 1. The molecule has 1 rings (SSSR count). The lowest BCUT2D eigenvalue weighted by Crippen LogP contribution is -2.25. The lowest BCUT2D eigenvalue weighted by Gasteiger charge is -2.14. The van der Waals surface area contributed by atoms with Gasteiger partial charge in [-0.3, -0.25) is 0 Å². The summed E-state index contributed by atoms with van der Waals surface area (Å²) in [5.41, 5.74) is 4.88. The first kappa shape index (κ1) is 12.2. The number of rotatable bonds is 5. The Bertz CT molecular complexity index is 354. The highest BCUT2D eigenvalue weighted by Gasteiger charge is 2.08. The number of ether oxygens (including phenoxy) is 3. The second kappa shape index (κ2) is 5.85. The Morgan fingerprint density at radius 3 is 2.56 bits per heavy atom. The summed E-state index contributed by atoms with van der Waals surface area (Å²) in [5, 5.41) is 0. The van der Waals surface area contributed by atoms with Crippen LogP contribution in [0.3, 0.4) is 0 Å². The number of primary amides is 1. The van der Waals surface area contributed by atoms with Crippen molar-refractivity contribution in [1.82, 2.24) is 0 Å². The highest BCUT2D eigenvalue weighted by Crippen LogP contribution is 2.25. The summed E-state index contributed by atoms with van der Waals surface area (Å²) in [4.78, 5) is 10.5. The summed E-state index contributed by atoms with van der Waals surface area (Å²) in [7, 11) is 1.56. The molecule has 2 N–H and O–H groups in total. The van der Waals surface area contributed by atoms with E-state index in [1.807, 2.05) is 12.1 Å². The third-order valence-corrected chi connectivity index (χ3v) is 1.86. The molecule has 0 saturated heterocycles. The van der Waals surface area contributed by atoms with E-state index < -0.39 is 12.2 Å². The molecule has 1 atom stereocenters. The third-order valence-electron chi connectivity index (χ3n) is 1.86. The van der Waals surface area contributed by atoms with E-state index in [1.165, 1.54) is 0 Å². The highest BCUT2D eigenvalue weighted by atomic mass is 16.6. The van der Waals surface area contributed by atoms with Gasteiger partial charge < -0.3 is 19.9 Å². The van der Waals surface area contributed by atoms with Crippen molar-refractivity contribution in [2.24, 2.45) is 5.73 Å². The Labute approximate surface area is 94.1 Å². The van der Waals surface area contributed by atoms with E-state index in [0.29, 0.717) is 11.5 Å². The SMILES string of the molecule is COc1ccccc1OCC(C)OC(N)=O. The molecule has 1 unspecified atom stereocenters. The van der Waals surface area contributed by atoms with Gasteiger partial charge in [-0.1, -0.05) is 12.1 Å². The average molecular weight is 225 g/mol. The van der Waals surface area contributed by atoms with Gasteiger partial charge in [-0.05, 0) is 19.1 Å². The Morgan fingerprint density at radius 1 is 1.38 bits per heavy atom. The number of carbonyl (C=O) groups is 1. The van der Waals surface area contributed by atoms with Gasteiger partial charge in [0, 0.05) is 0 Å². The van der Waals surface area contributed by atoms with Gasteiger partial charge in [0.25, 0.3) is 0 Å². The normalized spacial score (nSPS) is 11.6. The van der Waals surface area contributed by atoms with Crippen LogP contribution in [-0.4, -0.2) is 25.9 Å². The van der Waals surface area contributed by atoms with E-state index >= 15 is 0 Å². The van der Waals surface area contributed by atoms with Crippen molar-refractivity contribution >= 4 is 6.09 Å². The molecule has 0 fully saturated rings. The number of methoxy groups -OCH3 is 1. The lowest BCUT2D eigenvalue weighted by molar-refractivity contribution is 0.0814. The fourth-order valence-corrected chi connectivity index (χ4v) is 1.18. The zero-order valence-corrected chi connectivity index (χ0v) is 9.30. The van der Waals surface area contributed by atoms with Crippen molar-refractivity contribution in [2.45, 2.75) is 13.0 Å². The first-order valence-corrected chi connectivity index (χ1v) is 4.85. The molecule has 1 aromatic rings. The average Bonchev–Trinajstić information content (AvgIpc) is 2.26. The molecule has 0 aliphatic carbocycles. The van der Waals surface area contributed by atoms with Crippen LogP contribution in [-0.2, 0) is 4.74 Å². The van der Waals surface area contributed by atoms with Crippen LogP contribution in [0.1, 0.15) is 6.92 Å². The molecule has 0 spiro atoms. The van der Waals surface area contributed by atoms with Crippen molar-refractivity contribution in [3.63, 3.8) is 0 Å². The minimum Gasteiger partial charge on any atom is -0.493 e. The Kier molecular flexibility index (Phi) is 4.44. The number of amides is 1. The van der Waals surface area contributed by atoms with Crippen molar-refractivity contribution in [1.29, 1.82) is 0 Å². The molecular weight excluding hydrogens is 210 g/mol. The van der Waals surface area contributed by atoms with E-state index in [4.69, 9.17) is 19.9 Å². The first-order valence-electron chi connectivity index (χ1n) is 4.85. The molecule has 1 aromatic carbocycles. The minimum absolute atomic E-state index is 0.226. The maximum Gasteiger partial charge on any atom is 0.404 e. The smallest absolute Gasteiger partial charge is 0.404 e. The molecule has 0 aromatic heterocycles. The molecule has 16 heavy (non-hydrogen) atoms. The van der Waals surface area contributed by atoms with Crippen molar-refractivity contribution in [3.8, 4) is 11.5 Å². The lowest BCUT2D eigenvalue weighted by atomic mass is 10.3. The molecule has 0 radical (unpaired) electrons. The summed E-state index contributed by atoms with van der Waals surface area (Å²) in [5.74, 6) is 1.23. The summed E-state index contributed by atoms with van der Waals surface area (Å²) in [6.07, 6.45) is -1.21. The fraction of sp³-hybridized carbons (Fsp3) is 0.364. The molecule has 1 amide bonds. The topological polar surface area (TPSA) is 70.8 Å². The monoisotopic (exact) mass is 225 g/mol. The predicted molar refractivity (Wildman–Crippen MR) is 58.6 cm³/mol. The number of hydrogen-bond donors (Lipinski definition) is 1. The van der Waals surface area contributed by atoms with Crippen LogP contribution in [0.5, 0.6) is 11.5 Å². The second-order valence-corrected chi connectivity index (χ2v) is 3.21. The maximum atomic E-state index is 10.5. The van der Waals surface area contributed by atoms with Gasteiger partial charge >= 0.3 is 6.09 Å². The van der Waals surface area contributed by atoms with Gasteiger partial charge in [-0.25, -0.2) is 4.79 Å². The molecular formula is C11H15NO4. The molecule has 0 aliphatic rings. The van der Waals surface area contributed by atoms with Crippen molar-refractivity contribution in [2.75, 3.05) is 13.7 Å². The number of para-hydroxylation sites is 2. The molecule has 88 valence electrons. The molecule has 0 heterocycles. The third kappa shape index (κ3) is 3.68. The Balaban J connectivity index is 2.50. The van der Waals surface area contributed by atoms with Crippen LogP contribution < -0.4 is 15.2 Å². The van der Waals surface area contributed by atoms with E-state index in [1.54, 1.807) is 26.2 Å². The van der Waals surface area contributed by atoms with E-state index in [9.17, 15) is 4.79 Å². The van der Waals surface area contributed by atoms with Crippen LogP contribution in [0.2, 0.25) is 0 Å². The minimum atomic E-state index is -0.809. The van der Waals surface area contributed by atoms with Gasteiger partial charge in [0.2, 0.25) is 0 Å². The van der Waals surface area contributed by atoms with E-state index in [0.717, 1.165) is 0 Å². The van der Waals surface area contributed by atoms with Gasteiger partial charge in [-0.2, -0.15) is 0 Å². The van der Waals surface area contributed by atoms with E-state index in [2.05, 4.69) is 0 Å². The van der Waals surface area contributed by atoms with Gasteiger partial charge in [0.15, 0.2) is 11.5 Å². The number of hydrogen-bond acceptors (Lipinski definition) is 4. The van der Waals surface area contributed by atoms with Gasteiger partial charge in [0.05, 0.1) is 7.11 Å². The molecule has 5 nitrogen and oxygen atoms in total. The quantitative estimate of drug-likeness (QED) is 0.825. The van der Waals surface area contributed by atoms with E-state index in [-0.39, 0.29) is 6.61 Å². The zero-order chi connectivity index (χ0) is 12.0. The van der Waals surface area contributed by atoms with Crippen LogP contribution >= 0.6 is 0 Å². The van der Waals surface area contributed by atoms with Crippen molar-refractivity contribution < 1.29 is 19.0 Å². The molecule has 0 bridgehead atoms. The van der Waals surface area contributed by atoms with Crippen molar-refractivity contribution in [3.05, 3.63) is 24.3 Å². The molecule has 0 saturated carbocycles. The maximum absolute atomic E-state index is 10.5. The van der Waals surface area contributed by atoms with Crippen LogP contribution in [0, 0.1) is 0 Å². The van der Waals surface area contributed by atoms with Crippen LogP contribution in [0.4, 0.5) is 4.79 Å². The number of benzene rings is 1. The summed E-state index contributed by atoms with van der Waals surface area (Å²) in [6, 6.07) is 7.23. The van der Waals surface area contributed by atoms with Crippen LogP contribution in [0.15, 0.2) is 24.3 Å². The fourth-order valence-electron chi connectivity index (χ4n) is 1.18. The zero-order valence-electron chi connectivity index (χ0n) is 9.30. The highest BCUT2D eigenvalue weighted by molar-refractivity contribution is 5.64. The Hall–Kier alpha value is -1.91. The van der Waals surface area contributed by atoms with Gasteiger partial charge in [0.1, 0.15) is 12.7 Å².